The van der Waals surface area contributed by atoms with Gasteiger partial charge in [0.15, 0.2) is 11.9 Å². The Morgan fingerprint density at radius 1 is 1.07 bits per heavy atom. The van der Waals surface area contributed by atoms with Gasteiger partial charge >= 0.3 is 18.0 Å². The zero-order valence-corrected chi connectivity index (χ0v) is 41.2. The SMILES string of the molecule is C=CCOC(=O)N[C@@H](c1cccs1)[C@@H](O)C(=O)O[C@H]1C[C@@]2(O)[C@@H](OC(=O)c3ccccc3)[C@@H]3[C@]4(O)CO[C@@H]4C[C@H](O)[C@@]3(C)C(=O)[C@H](O)C(=C1C)C2(C)C.[Ac].[Ac]. The van der Waals surface area contributed by atoms with Crippen LogP contribution in [-0.4, -0.2) is 110 Å². The minimum absolute atomic E-state index is 0. The smallest absolute Gasteiger partial charge is 0.408 e. The summed E-state index contributed by atoms with van der Waals surface area (Å²) >= 11 is 1.15. The van der Waals surface area contributed by atoms with Crippen molar-refractivity contribution < 1.29 is 152 Å². The number of esters is 2. The van der Waals surface area contributed by atoms with E-state index in [0.29, 0.717) is 4.88 Å². The number of nitrogens with one attached hydrogen (secondary N) is 1. The van der Waals surface area contributed by atoms with Crippen molar-refractivity contribution in [3.8, 4) is 0 Å². The molecule has 3 fully saturated rings. The van der Waals surface area contributed by atoms with Crippen LogP contribution >= 0.6 is 11.3 Å². The molecule has 2 saturated carbocycles. The van der Waals surface area contributed by atoms with Crippen LogP contribution in [0, 0.1) is 105 Å². The van der Waals surface area contributed by atoms with Crippen LogP contribution in [0.4, 0.5) is 4.79 Å². The Morgan fingerprint density at radius 3 is 2.33 bits per heavy atom. The topological polar surface area (TPSA) is 218 Å². The number of Topliss-reactive ketones (excluding diaryl/α,β-unsaturated/α-hetero) is 1. The first-order valence-corrected chi connectivity index (χ1v) is 18.2. The van der Waals surface area contributed by atoms with Crippen molar-refractivity contribution in [2.45, 2.75) is 94.4 Å². The Labute approximate surface area is 394 Å². The number of thiophene rings is 1. The summed E-state index contributed by atoms with van der Waals surface area (Å²) in [5.41, 5.74) is -7.53. The predicted octanol–water partition coefficient (Wildman–Crippen LogP) is 2.14. The summed E-state index contributed by atoms with van der Waals surface area (Å²) in [5, 5.41) is 64.4. The Morgan fingerprint density at radius 2 is 1.75 bits per heavy atom. The quantitative estimate of drug-likeness (QED) is 0.121. The second kappa shape index (κ2) is 17.6. The molecule has 1 aliphatic heterocycles. The first-order chi connectivity index (χ1) is 24.9. The van der Waals surface area contributed by atoms with E-state index < -0.39 is 101 Å². The maximum absolute atomic E-state index is 14.6. The van der Waals surface area contributed by atoms with Crippen molar-refractivity contribution >= 4 is 35.2 Å². The summed E-state index contributed by atoms with van der Waals surface area (Å²) in [7, 11) is 0. The van der Waals surface area contributed by atoms with Gasteiger partial charge in [-0.2, -0.15) is 0 Å². The normalized spacial score (nSPS) is 34.2. The molecule has 2 bridgehead atoms. The van der Waals surface area contributed by atoms with Gasteiger partial charge in [0.25, 0.3) is 0 Å². The number of fused-ring (bicyclic) bond motifs is 5. The van der Waals surface area contributed by atoms with E-state index in [0.717, 1.165) is 11.3 Å². The number of aliphatic hydroxyl groups excluding tert-OH is 3. The van der Waals surface area contributed by atoms with Crippen LogP contribution in [0.15, 0.2) is 71.6 Å². The minimum atomic E-state index is -2.30. The molecule has 4 aliphatic rings. The van der Waals surface area contributed by atoms with Crippen molar-refractivity contribution in [3.05, 3.63) is 82.1 Å². The zero-order valence-electron chi connectivity index (χ0n) is 30.9. The molecule has 1 amide bonds. The standard InChI is InChI=1S/C38H45NO13S.2Ac/c1-6-14-49-34(46)39-26(22-13-10-15-53-22)28(42)33(45)51-21-17-38(48)31(52-32(44)20-11-8-7-9-12-20)29-36(5,23(40)16-24-37(29,47)18-50-24)30(43)27(41)25(19(21)2)35(38,3)4;;/h6-13,15,21,23-24,26-29,31,40-42,47-48H,1,14,16-18H2,2-5H3,(H,39,46);;/t21-,23-,24+,26-,27+,28+,29-,31-,36+,37-,38+;;/m0../s1. The summed E-state index contributed by atoms with van der Waals surface area (Å²) < 4.78 is 22.7. The van der Waals surface area contributed by atoms with Crippen LogP contribution in [0.1, 0.15) is 61.8 Å². The number of aliphatic hydroxyl groups is 5. The van der Waals surface area contributed by atoms with Crippen molar-refractivity contribution in [1.29, 1.82) is 0 Å². The predicted molar refractivity (Wildman–Crippen MR) is 187 cm³/mol. The number of rotatable bonds is 9. The Kier molecular flexibility index (Phi) is 15.0. The van der Waals surface area contributed by atoms with Crippen LogP contribution in [0.2, 0.25) is 0 Å². The molecule has 292 valence electrons. The van der Waals surface area contributed by atoms with E-state index in [1.54, 1.807) is 49.6 Å². The molecule has 14 nitrogen and oxygen atoms in total. The third-order valence-electron chi connectivity index (χ3n) is 11.9. The molecule has 6 rings (SSSR count). The van der Waals surface area contributed by atoms with Gasteiger partial charge in [-0.05, 0) is 48.6 Å². The summed E-state index contributed by atoms with van der Waals surface area (Å²) in [6.07, 6.45) is -9.91. The molecule has 0 unspecified atom stereocenters. The molecule has 2 heterocycles. The number of ketones is 1. The second-order valence-electron chi connectivity index (χ2n) is 15.0. The van der Waals surface area contributed by atoms with E-state index in [1.807, 2.05) is 0 Å². The first kappa shape index (κ1) is 46.6. The summed E-state index contributed by atoms with van der Waals surface area (Å²) in [6.45, 7) is 9.01. The third kappa shape index (κ3) is 7.89. The fraction of sp³-hybridized carbons (Fsp3) is 0.526. The molecule has 1 aromatic heterocycles. The van der Waals surface area contributed by atoms with Gasteiger partial charge in [-0.3, -0.25) is 4.79 Å². The average molecular weight is 1210 g/mol. The molecule has 0 spiro atoms. The van der Waals surface area contributed by atoms with Gasteiger partial charge < -0.3 is 49.8 Å². The van der Waals surface area contributed by atoms with Crippen molar-refractivity contribution in [1.82, 2.24) is 5.32 Å². The van der Waals surface area contributed by atoms with Gasteiger partial charge in [0.05, 0.1) is 29.8 Å². The molecule has 1 aromatic carbocycles. The largest absolute Gasteiger partial charge is 0.456 e. The number of alkyl carbamates (subject to hydrolysis) is 1. The first-order valence-electron chi connectivity index (χ1n) is 17.3. The Bertz CT molecular complexity index is 1810. The van der Waals surface area contributed by atoms with Crippen LogP contribution in [0.25, 0.3) is 0 Å². The molecule has 11 atom stereocenters. The number of hydrogen-bond acceptors (Lipinski definition) is 14. The zero-order chi connectivity index (χ0) is 38.7. The van der Waals surface area contributed by atoms with Crippen LogP contribution in [0.5, 0.6) is 0 Å². The summed E-state index contributed by atoms with van der Waals surface area (Å²) in [4.78, 5) is 55.2. The van der Waals surface area contributed by atoms with Crippen molar-refractivity contribution in [2.75, 3.05) is 13.2 Å². The molecule has 2 radical (unpaired) electrons. The van der Waals surface area contributed by atoms with Gasteiger partial charge in [-0.1, -0.05) is 50.8 Å². The number of ether oxygens (including phenoxy) is 4. The van der Waals surface area contributed by atoms with Gasteiger partial charge in [-0.25, -0.2) is 14.4 Å². The Balaban J connectivity index is 0.00000336. The van der Waals surface area contributed by atoms with Gasteiger partial charge in [-0.15, -0.1) is 11.3 Å². The van der Waals surface area contributed by atoms with Crippen LogP contribution in [0.3, 0.4) is 0 Å². The molecule has 2 aromatic rings. The van der Waals surface area contributed by atoms with Crippen molar-refractivity contribution in [3.63, 3.8) is 0 Å². The molecular formula is C38H45Ac2NO13S. The van der Waals surface area contributed by atoms with E-state index >= 15 is 0 Å². The monoisotopic (exact) mass is 1210 g/mol. The van der Waals surface area contributed by atoms with E-state index in [9.17, 15) is 44.7 Å². The number of hydrogen-bond donors (Lipinski definition) is 6. The van der Waals surface area contributed by atoms with Crippen LogP contribution in [-0.2, 0) is 28.5 Å². The van der Waals surface area contributed by atoms with Crippen LogP contribution < -0.4 is 5.32 Å². The van der Waals surface area contributed by atoms with E-state index in [-0.39, 0.29) is 124 Å². The molecule has 55 heavy (non-hydrogen) atoms. The molecular weight excluding hydrogens is 1160 g/mol. The van der Waals surface area contributed by atoms with Crippen molar-refractivity contribution in [2.24, 2.45) is 16.7 Å². The van der Waals surface area contributed by atoms with Gasteiger partial charge in [0.2, 0.25) is 0 Å². The maximum Gasteiger partial charge on any atom is 0.408 e. The molecule has 6 N–H and O–H groups in total. The fourth-order valence-corrected chi connectivity index (χ4v) is 9.61. The summed E-state index contributed by atoms with van der Waals surface area (Å²) in [6, 6.07) is 9.80. The van der Waals surface area contributed by atoms with Gasteiger partial charge in [0, 0.05) is 117 Å². The van der Waals surface area contributed by atoms with E-state index in [4.69, 9.17) is 18.9 Å². The molecule has 1 saturated heterocycles. The van der Waals surface area contributed by atoms with E-state index in [1.165, 1.54) is 32.1 Å². The number of benzene rings is 1. The number of carbonyl (C=O) groups excluding carboxylic acids is 4. The number of carbonyl (C=O) groups is 4. The fourth-order valence-electron chi connectivity index (χ4n) is 8.80. The maximum atomic E-state index is 14.6. The Hall–Kier alpha value is -1.08. The molecule has 3 aliphatic carbocycles. The third-order valence-corrected chi connectivity index (χ3v) is 12.8. The number of amides is 1. The average Bonchev–Trinajstić information content (AvgIpc) is 3.66. The minimum Gasteiger partial charge on any atom is -0.456 e. The second-order valence-corrected chi connectivity index (χ2v) is 16.0. The van der Waals surface area contributed by atoms with E-state index in [2.05, 4.69) is 11.9 Å². The van der Waals surface area contributed by atoms with Gasteiger partial charge in [0.1, 0.15) is 42.2 Å². The summed E-state index contributed by atoms with van der Waals surface area (Å²) in [5.74, 6) is -4.54. The molecule has 17 heteroatoms.